The van der Waals surface area contributed by atoms with Crippen molar-refractivity contribution < 1.29 is 14.3 Å². The third kappa shape index (κ3) is 4.39. The Morgan fingerprint density at radius 1 is 1.20 bits per heavy atom. The lowest BCUT2D eigenvalue weighted by atomic mass is 9.79. The Morgan fingerprint density at radius 2 is 1.84 bits per heavy atom. The van der Waals surface area contributed by atoms with Crippen LogP contribution in [0, 0.1) is 5.41 Å². The lowest BCUT2D eigenvalue weighted by Crippen LogP contribution is -2.47. The Bertz CT molecular complexity index is 613. The number of nitrogens with one attached hydrogen (secondary N) is 2. The molecule has 0 atom stereocenters. The molecular formula is C19H29ClN2O3. The first-order valence-electron chi connectivity index (χ1n) is 8.80. The molecule has 0 spiro atoms. The van der Waals surface area contributed by atoms with Crippen LogP contribution in [0.3, 0.4) is 0 Å². The van der Waals surface area contributed by atoms with Gasteiger partial charge < -0.3 is 20.1 Å². The average molecular weight is 369 g/mol. The van der Waals surface area contributed by atoms with Crippen molar-refractivity contribution in [3.63, 3.8) is 0 Å². The Labute approximate surface area is 156 Å². The molecule has 1 amide bonds. The standard InChI is InChI=1S/C19H28N2O3.ClH/c1-18(2,14-4-5-15-16(12-14)24-11-10-23-15)17(22)21-13-19(3)6-8-20-9-7-19;/h4-5,12,20H,6-11,13H2,1-3H3,(H,21,22);1H. The zero-order valence-electron chi connectivity index (χ0n) is 15.3. The molecule has 3 rings (SSSR count). The number of carbonyl (C=O) groups is 1. The van der Waals surface area contributed by atoms with E-state index in [4.69, 9.17) is 9.47 Å². The van der Waals surface area contributed by atoms with Crippen LogP contribution in [0.15, 0.2) is 18.2 Å². The van der Waals surface area contributed by atoms with Crippen LogP contribution in [-0.4, -0.2) is 38.8 Å². The van der Waals surface area contributed by atoms with Crippen molar-refractivity contribution in [2.45, 2.75) is 39.0 Å². The predicted octanol–water partition coefficient (Wildman–Crippen LogP) is 2.66. The van der Waals surface area contributed by atoms with Gasteiger partial charge in [0.05, 0.1) is 5.41 Å². The van der Waals surface area contributed by atoms with Gasteiger partial charge in [0.15, 0.2) is 11.5 Å². The van der Waals surface area contributed by atoms with E-state index in [1.165, 1.54) is 0 Å². The Hall–Kier alpha value is -1.46. The number of piperidine rings is 1. The van der Waals surface area contributed by atoms with Crippen molar-refractivity contribution in [2.24, 2.45) is 5.41 Å². The normalized spacial score (nSPS) is 18.8. The fourth-order valence-corrected chi connectivity index (χ4v) is 3.28. The third-order valence-electron chi connectivity index (χ3n) is 5.32. The fourth-order valence-electron chi connectivity index (χ4n) is 3.28. The molecule has 6 heteroatoms. The quantitative estimate of drug-likeness (QED) is 0.857. The van der Waals surface area contributed by atoms with E-state index >= 15 is 0 Å². The molecule has 1 aromatic carbocycles. The van der Waals surface area contributed by atoms with Crippen LogP contribution in [-0.2, 0) is 10.2 Å². The first kappa shape index (κ1) is 19.9. The number of benzene rings is 1. The average Bonchev–Trinajstić information content (AvgIpc) is 2.60. The maximum Gasteiger partial charge on any atom is 0.230 e. The zero-order chi connectivity index (χ0) is 17.2. The molecule has 2 aliphatic rings. The molecule has 140 valence electrons. The van der Waals surface area contributed by atoms with Crippen molar-refractivity contribution in [1.29, 1.82) is 0 Å². The predicted molar refractivity (Wildman–Crippen MR) is 101 cm³/mol. The minimum atomic E-state index is -0.612. The number of hydrogen-bond acceptors (Lipinski definition) is 4. The lowest BCUT2D eigenvalue weighted by Gasteiger charge is -2.35. The number of carbonyl (C=O) groups excluding carboxylic acids is 1. The summed E-state index contributed by atoms with van der Waals surface area (Å²) in [4.78, 5) is 12.8. The van der Waals surface area contributed by atoms with Gasteiger partial charge in [0, 0.05) is 6.54 Å². The van der Waals surface area contributed by atoms with Gasteiger partial charge >= 0.3 is 0 Å². The van der Waals surface area contributed by atoms with Gasteiger partial charge in [0.25, 0.3) is 0 Å². The van der Waals surface area contributed by atoms with Crippen LogP contribution in [0.1, 0.15) is 39.2 Å². The summed E-state index contributed by atoms with van der Waals surface area (Å²) >= 11 is 0. The Kier molecular flexibility index (Phi) is 6.22. The fraction of sp³-hybridized carbons (Fsp3) is 0.632. The van der Waals surface area contributed by atoms with E-state index < -0.39 is 5.41 Å². The van der Waals surface area contributed by atoms with E-state index in [0.29, 0.717) is 13.2 Å². The molecule has 0 unspecified atom stereocenters. The van der Waals surface area contributed by atoms with Crippen LogP contribution < -0.4 is 20.1 Å². The first-order chi connectivity index (χ1) is 11.4. The highest BCUT2D eigenvalue weighted by Crippen LogP contribution is 2.35. The van der Waals surface area contributed by atoms with Crippen LogP contribution in [0.25, 0.3) is 0 Å². The van der Waals surface area contributed by atoms with Crippen LogP contribution >= 0.6 is 12.4 Å². The topological polar surface area (TPSA) is 59.6 Å². The Balaban J connectivity index is 0.00000225. The number of hydrogen-bond donors (Lipinski definition) is 2. The van der Waals surface area contributed by atoms with Gasteiger partial charge in [-0.25, -0.2) is 0 Å². The molecule has 0 bridgehead atoms. The van der Waals surface area contributed by atoms with Gasteiger partial charge in [-0.1, -0.05) is 13.0 Å². The van der Waals surface area contributed by atoms with Crippen molar-refractivity contribution in [3.05, 3.63) is 23.8 Å². The SMILES string of the molecule is CC1(CNC(=O)C(C)(C)c2ccc3c(c2)OCCO3)CCNCC1.Cl. The molecule has 2 aliphatic heterocycles. The number of halogens is 1. The number of rotatable bonds is 4. The summed E-state index contributed by atoms with van der Waals surface area (Å²) in [5, 5.41) is 6.55. The van der Waals surface area contributed by atoms with Gasteiger partial charge in [0.2, 0.25) is 5.91 Å². The largest absolute Gasteiger partial charge is 0.486 e. The number of ether oxygens (including phenoxy) is 2. The smallest absolute Gasteiger partial charge is 0.230 e. The van der Waals surface area contributed by atoms with E-state index in [9.17, 15) is 4.79 Å². The molecule has 1 aromatic rings. The second-order valence-electron chi connectivity index (χ2n) is 7.73. The Morgan fingerprint density at radius 3 is 2.52 bits per heavy atom. The summed E-state index contributed by atoms with van der Waals surface area (Å²) < 4.78 is 11.2. The highest BCUT2D eigenvalue weighted by atomic mass is 35.5. The molecule has 0 aromatic heterocycles. The van der Waals surface area contributed by atoms with Crippen molar-refractivity contribution >= 4 is 18.3 Å². The molecule has 2 N–H and O–H groups in total. The minimum Gasteiger partial charge on any atom is -0.486 e. The van der Waals surface area contributed by atoms with Crippen molar-refractivity contribution in [2.75, 3.05) is 32.8 Å². The second kappa shape index (κ2) is 7.83. The second-order valence-corrected chi connectivity index (χ2v) is 7.73. The van der Waals surface area contributed by atoms with Gasteiger partial charge in [0.1, 0.15) is 13.2 Å². The lowest BCUT2D eigenvalue weighted by molar-refractivity contribution is -0.126. The van der Waals surface area contributed by atoms with E-state index in [-0.39, 0.29) is 23.7 Å². The molecule has 2 heterocycles. The van der Waals surface area contributed by atoms with Crippen LogP contribution in [0.5, 0.6) is 11.5 Å². The van der Waals surface area contributed by atoms with Gasteiger partial charge in [-0.2, -0.15) is 0 Å². The summed E-state index contributed by atoms with van der Waals surface area (Å²) in [5.74, 6) is 1.53. The van der Waals surface area contributed by atoms with E-state index in [0.717, 1.165) is 49.5 Å². The molecule has 5 nitrogen and oxygen atoms in total. The summed E-state index contributed by atoms with van der Waals surface area (Å²) in [7, 11) is 0. The maximum absolute atomic E-state index is 12.8. The molecule has 1 fully saturated rings. The molecule has 0 radical (unpaired) electrons. The zero-order valence-corrected chi connectivity index (χ0v) is 16.1. The first-order valence-corrected chi connectivity index (χ1v) is 8.80. The highest BCUT2D eigenvalue weighted by molar-refractivity contribution is 5.87. The summed E-state index contributed by atoms with van der Waals surface area (Å²) in [6.07, 6.45) is 2.19. The van der Waals surface area contributed by atoms with Gasteiger partial charge in [-0.05, 0) is 62.9 Å². The summed E-state index contributed by atoms with van der Waals surface area (Å²) in [6, 6.07) is 5.78. The van der Waals surface area contributed by atoms with E-state index in [2.05, 4.69) is 17.6 Å². The maximum atomic E-state index is 12.8. The summed E-state index contributed by atoms with van der Waals surface area (Å²) in [6.45, 7) is 10.1. The molecule has 1 saturated heterocycles. The molecule has 25 heavy (non-hydrogen) atoms. The van der Waals surface area contributed by atoms with E-state index in [1.807, 2.05) is 32.0 Å². The van der Waals surface area contributed by atoms with Crippen molar-refractivity contribution in [1.82, 2.24) is 10.6 Å². The highest BCUT2D eigenvalue weighted by Gasteiger charge is 2.33. The van der Waals surface area contributed by atoms with Crippen molar-refractivity contribution in [3.8, 4) is 11.5 Å². The van der Waals surface area contributed by atoms with Crippen LogP contribution in [0.4, 0.5) is 0 Å². The minimum absolute atomic E-state index is 0. The van der Waals surface area contributed by atoms with Crippen LogP contribution in [0.2, 0.25) is 0 Å². The molecular weight excluding hydrogens is 340 g/mol. The van der Waals surface area contributed by atoms with Gasteiger partial charge in [-0.3, -0.25) is 4.79 Å². The molecule has 0 saturated carbocycles. The number of fused-ring (bicyclic) bond motifs is 1. The van der Waals surface area contributed by atoms with E-state index in [1.54, 1.807) is 0 Å². The van der Waals surface area contributed by atoms with Gasteiger partial charge in [-0.15, -0.1) is 12.4 Å². The number of amides is 1. The third-order valence-corrected chi connectivity index (χ3v) is 5.32. The molecule has 0 aliphatic carbocycles. The summed E-state index contributed by atoms with van der Waals surface area (Å²) in [5.41, 5.74) is 0.517. The monoisotopic (exact) mass is 368 g/mol.